The third-order valence-corrected chi connectivity index (χ3v) is 2.66. The minimum Gasteiger partial charge on any atom is -0.508 e. The third kappa shape index (κ3) is 3.04. The number of aromatic hydroxyl groups is 1. The van der Waals surface area contributed by atoms with Gasteiger partial charge in [0, 0.05) is 28.4 Å². The van der Waals surface area contributed by atoms with Gasteiger partial charge in [0.1, 0.15) is 5.75 Å². The van der Waals surface area contributed by atoms with Gasteiger partial charge in [-0.05, 0) is 0 Å². The van der Waals surface area contributed by atoms with Crippen molar-refractivity contribution in [3.8, 4) is 5.75 Å². The number of nitro benzene ring substituents is 1. The van der Waals surface area contributed by atoms with E-state index < -0.39 is 37.0 Å². The summed E-state index contributed by atoms with van der Waals surface area (Å²) in [7, 11) is 0.921. The average Bonchev–Trinajstić information content (AvgIpc) is 2.07. The highest BCUT2D eigenvalue weighted by molar-refractivity contribution is 8.13. The molecule has 0 amide bonds. The number of phenolic OH excluding ortho intramolecular Hbond substituents is 1. The van der Waals surface area contributed by atoms with E-state index in [0.29, 0.717) is 12.1 Å². The van der Waals surface area contributed by atoms with E-state index in [4.69, 9.17) is 10.7 Å². The Labute approximate surface area is 93.8 Å². The number of rotatable bonds is 3. The molecule has 1 rings (SSSR count). The zero-order chi connectivity index (χ0) is 12.5. The largest absolute Gasteiger partial charge is 0.508 e. The lowest BCUT2D eigenvalue weighted by atomic mass is 10.2. The van der Waals surface area contributed by atoms with Crippen molar-refractivity contribution in [1.82, 2.24) is 0 Å². The van der Waals surface area contributed by atoms with Crippen LogP contribution in [0.1, 0.15) is 5.56 Å². The van der Waals surface area contributed by atoms with Crippen LogP contribution in [0.2, 0.25) is 0 Å². The minimum atomic E-state index is -3.99. The van der Waals surface area contributed by atoms with E-state index in [2.05, 4.69) is 0 Å². The molecule has 1 aromatic rings. The van der Waals surface area contributed by atoms with Crippen molar-refractivity contribution in [3.63, 3.8) is 0 Å². The molecule has 0 aliphatic heterocycles. The van der Waals surface area contributed by atoms with Gasteiger partial charge in [-0.15, -0.1) is 0 Å². The summed E-state index contributed by atoms with van der Waals surface area (Å²) in [4.78, 5) is 9.32. The summed E-state index contributed by atoms with van der Waals surface area (Å²) in [5, 5.41) is 19.5. The molecule has 0 aliphatic carbocycles. The lowest BCUT2D eigenvalue weighted by Crippen LogP contribution is -1.99. The molecular formula is C7H5ClFNO5S. The Morgan fingerprint density at radius 2 is 2.06 bits per heavy atom. The Balaban J connectivity index is 3.31. The summed E-state index contributed by atoms with van der Waals surface area (Å²) in [5.41, 5.74) is -1.25. The smallest absolute Gasteiger partial charge is 0.305 e. The zero-order valence-corrected chi connectivity index (χ0v) is 9.13. The van der Waals surface area contributed by atoms with Crippen molar-refractivity contribution in [3.05, 3.63) is 33.6 Å². The van der Waals surface area contributed by atoms with Crippen LogP contribution in [0.4, 0.5) is 10.1 Å². The highest BCUT2D eigenvalue weighted by atomic mass is 35.7. The van der Waals surface area contributed by atoms with Crippen LogP contribution < -0.4 is 0 Å². The van der Waals surface area contributed by atoms with Crippen LogP contribution in [0.25, 0.3) is 0 Å². The predicted octanol–water partition coefficient (Wildman–Crippen LogP) is 1.51. The number of nitrogens with zero attached hydrogens (tertiary/aromatic N) is 1. The lowest BCUT2D eigenvalue weighted by Gasteiger charge is -2.02. The first-order valence-electron chi connectivity index (χ1n) is 3.79. The van der Waals surface area contributed by atoms with Crippen molar-refractivity contribution < 1.29 is 22.8 Å². The van der Waals surface area contributed by atoms with Gasteiger partial charge < -0.3 is 5.11 Å². The second kappa shape index (κ2) is 4.22. The number of nitro groups is 1. The van der Waals surface area contributed by atoms with Crippen molar-refractivity contribution >= 4 is 25.4 Å². The average molecular weight is 270 g/mol. The van der Waals surface area contributed by atoms with Crippen LogP contribution in [-0.4, -0.2) is 18.4 Å². The van der Waals surface area contributed by atoms with Crippen molar-refractivity contribution in [2.45, 2.75) is 5.75 Å². The van der Waals surface area contributed by atoms with Gasteiger partial charge in [-0.1, -0.05) is 0 Å². The number of phenols is 1. The van der Waals surface area contributed by atoms with Crippen LogP contribution in [0, 0.1) is 15.9 Å². The molecular weight excluding hydrogens is 265 g/mol. The second-order valence-electron chi connectivity index (χ2n) is 2.87. The molecule has 0 fully saturated rings. The summed E-state index contributed by atoms with van der Waals surface area (Å²) in [6.45, 7) is 0. The SMILES string of the molecule is O=[N+]([O-])c1cc(CS(=O)(=O)Cl)c(O)cc1F. The highest BCUT2D eigenvalue weighted by Gasteiger charge is 2.20. The Hall–Kier alpha value is -1.41. The van der Waals surface area contributed by atoms with Gasteiger partial charge in [-0.3, -0.25) is 10.1 Å². The van der Waals surface area contributed by atoms with E-state index >= 15 is 0 Å². The van der Waals surface area contributed by atoms with Crippen LogP contribution >= 0.6 is 10.7 Å². The molecule has 0 radical (unpaired) electrons. The Kier molecular flexibility index (Phi) is 3.34. The van der Waals surface area contributed by atoms with Gasteiger partial charge in [0.25, 0.3) is 0 Å². The zero-order valence-electron chi connectivity index (χ0n) is 7.55. The first kappa shape index (κ1) is 12.7. The van der Waals surface area contributed by atoms with Gasteiger partial charge in [-0.25, -0.2) is 8.42 Å². The topological polar surface area (TPSA) is 97.5 Å². The molecule has 88 valence electrons. The molecule has 6 nitrogen and oxygen atoms in total. The van der Waals surface area contributed by atoms with Crippen LogP contribution in [-0.2, 0) is 14.8 Å². The second-order valence-corrected chi connectivity index (χ2v) is 5.65. The van der Waals surface area contributed by atoms with Crippen molar-refractivity contribution in [2.24, 2.45) is 0 Å². The number of halogens is 2. The number of benzene rings is 1. The van der Waals surface area contributed by atoms with E-state index in [0.717, 1.165) is 0 Å². The number of hydrogen-bond donors (Lipinski definition) is 1. The molecule has 0 aliphatic rings. The van der Waals surface area contributed by atoms with Gasteiger partial charge >= 0.3 is 5.69 Å². The summed E-state index contributed by atoms with van der Waals surface area (Å²) in [6, 6.07) is 1.10. The van der Waals surface area contributed by atoms with Crippen LogP contribution in [0.3, 0.4) is 0 Å². The molecule has 1 N–H and O–H groups in total. The molecule has 16 heavy (non-hydrogen) atoms. The summed E-state index contributed by atoms with van der Waals surface area (Å²) >= 11 is 0. The third-order valence-electron chi connectivity index (χ3n) is 1.67. The Morgan fingerprint density at radius 1 is 1.50 bits per heavy atom. The molecule has 0 atom stereocenters. The molecule has 0 saturated heterocycles. The van der Waals surface area contributed by atoms with E-state index in [1.165, 1.54) is 0 Å². The molecule has 9 heteroatoms. The normalized spacial score (nSPS) is 11.4. The standard InChI is InChI=1S/C7H5ClFNO5S/c8-16(14,15)3-4-1-6(10(12)13)5(9)2-7(4)11/h1-2,11H,3H2. The predicted molar refractivity (Wildman–Crippen MR) is 53.2 cm³/mol. The first-order valence-corrected chi connectivity index (χ1v) is 6.26. The summed E-state index contributed by atoms with van der Waals surface area (Å²) < 4.78 is 34.3. The van der Waals surface area contributed by atoms with Gasteiger partial charge in [0.15, 0.2) is 0 Å². The Morgan fingerprint density at radius 3 is 2.50 bits per heavy atom. The van der Waals surface area contributed by atoms with Gasteiger partial charge in [0.2, 0.25) is 14.9 Å². The fourth-order valence-electron chi connectivity index (χ4n) is 1.04. The fourth-order valence-corrected chi connectivity index (χ4v) is 1.99. The monoisotopic (exact) mass is 269 g/mol. The molecule has 0 unspecified atom stereocenters. The molecule has 0 heterocycles. The fraction of sp³-hybridized carbons (Fsp3) is 0.143. The van der Waals surface area contributed by atoms with E-state index in [1.54, 1.807) is 0 Å². The molecule has 0 saturated carbocycles. The maximum atomic E-state index is 12.9. The minimum absolute atomic E-state index is 0.330. The summed E-state index contributed by atoms with van der Waals surface area (Å²) in [6.07, 6.45) is 0. The highest BCUT2D eigenvalue weighted by Crippen LogP contribution is 2.28. The maximum Gasteiger partial charge on any atom is 0.305 e. The lowest BCUT2D eigenvalue weighted by molar-refractivity contribution is -0.387. The van der Waals surface area contributed by atoms with E-state index in [9.17, 15) is 28.0 Å². The first-order chi connectivity index (χ1) is 7.20. The van der Waals surface area contributed by atoms with Gasteiger partial charge in [0.05, 0.1) is 10.7 Å². The molecule has 1 aromatic carbocycles. The van der Waals surface area contributed by atoms with Gasteiger partial charge in [-0.2, -0.15) is 4.39 Å². The number of hydrogen-bond acceptors (Lipinski definition) is 5. The van der Waals surface area contributed by atoms with E-state index in [1.807, 2.05) is 0 Å². The Bertz CT molecular complexity index is 544. The van der Waals surface area contributed by atoms with Crippen molar-refractivity contribution in [2.75, 3.05) is 0 Å². The van der Waals surface area contributed by atoms with Crippen molar-refractivity contribution in [1.29, 1.82) is 0 Å². The molecule has 0 bridgehead atoms. The van der Waals surface area contributed by atoms with Crippen LogP contribution in [0.15, 0.2) is 12.1 Å². The molecule has 0 spiro atoms. The quantitative estimate of drug-likeness (QED) is 0.509. The summed E-state index contributed by atoms with van der Waals surface area (Å²) in [5.74, 6) is -2.77. The van der Waals surface area contributed by atoms with E-state index in [-0.39, 0.29) is 5.56 Å². The molecule has 0 aromatic heterocycles. The maximum absolute atomic E-state index is 12.9. The van der Waals surface area contributed by atoms with Crippen LogP contribution in [0.5, 0.6) is 5.75 Å².